The molecule has 3 saturated heterocycles. The third kappa shape index (κ3) is 2.76. The van der Waals surface area contributed by atoms with Crippen molar-refractivity contribution in [2.45, 2.75) is 43.7 Å². The van der Waals surface area contributed by atoms with E-state index in [1.54, 1.807) is 10.9 Å². The first-order chi connectivity index (χ1) is 11.2. The van der Waals surface area contributed by atoms with Gasteiger partial charge in [-0.15, -0.1) is 11.3 Å². The first-order valence-corrected chi connectivity index (χ1v) is 9.22. The van der Waals surface area contributed by atoms with Crippen LogP contribution in [0.5, 0.6) is 0 Å². The number of nitrogens with zero attached hydrogens (tertiary/aromatic N) is 3. The number of aromatic nitrogens is 1. The molecule has 0 bridgehead atoms. The number of hydrogen-bond acceptors (Lipinski definition) is 5. The molecule has 0 aromatic carbocycles. The highest BCUT2D eigenvalue weighted by atomic mass is 32.1. The molecule has 2 atom stereocenters. The van der Waals surface area contributed by atoms with E-state index in [9.17, 15) is 9.59 Å². The van der Waals surface area contributed by atoms with Crippen LogP contribution in [0.2, 0.25) is 0 Å². The molecule has 0 N–H and O–H groups in total. The normalized spacial score (nSPS) is 31.3. The minimum absolute atomic E-state index is 0.00824. The third-order valence-corrected chi connectivity index (χ3v) is 5.86. The van der Waals surface area contributed by atoms with Gasteiger partial charge in [-0.05, 0) is 25.7 Å². The molecule has 7 heteroatoms. The van der Waals surface area contributed by atoms with E-state index in [0.29, 0.717) is 31.8 Å². The van der Waals surface area contributed by atoms with Crippen LogP contribution < -0.4 is 0 Å². The van der Waals surface area contributed by atoms with Crippen molar-refractivity contribution in [1.29, 1.82) is 0 Å². The number of rotatable bonds is 2. The van der Waals surface area contributed by atoms with Gasteiger partial charge in [0.2, 0.25) is 5.91 Å². The second-order valence-electron chi connectivity index (χ2n) is 6.72. The number of amides is 2. The highest BCUT2D eigenvalue weighted by Gasteiger charge is 2.47. The number of carbonyl (C=O) groups is 2. The van der Waals surface area contributed by atoms with E-state index in [4.69, 9.17) is 4.74 Å². The minimum atomic E-state index is -0.280. The number of thiazole rings is 1. The van der Waals surface area contributed by atoms with Crippen molar-refractivity contribution in [1.82, 2.24) is 14.8 Å². The zero-order chi connectivity index (χ0) is 15.9. The molecule has 4 heterocycles. The number of likely N-dealkylation sites (tertiary alicyclic amines) is 2. The first kappa shape index (κ1) is 15.1. The van der Waals surface area contributed by atoms with Gasteiger partial charge in [-0.25, -0.2) is 4.98 Å². The Morgan fingerprint density at radius 2 is 2.35 bits per heavy atom. The van der Waals surface area contributed by atoms with E-state index in [-0.39, 0.29) is 23.5 Å². The van der Waals surface area contributed by atoms with Gasteiger partial charge in [0.15, 0.2) is 0 Å². The lowest BCUT2D eigenvalue weighted by Gasteiger charge is -2.41. The van der Waals surface area contributed by atoms with Crippen LogP contribution in [-0.4, -0.2) is 64.5 Å². The molecule has 3 aliphatic heterocycles. The van der Waals surface area contributed by atoms with Crippen LogP contribution in [0.3, 0.4) is 0 Å². The van der Waals surface area contributed by atoms with Gasteiger partial charge in [0, 0.05) is 37.5 Å². The fraction of sp³-hybridized carbons (Fsp3) is 0.688. The molecule has 124 valence electrons. The summed E-state index contributed by atoms with van der Waals surface area (Å²) in [6.45, 7) is 2.87. The fourth-order valence-corrected chi connectivity index (χ4v) is 4.63. The van der Waals surface area contributed by atoms with E-state index in [0.717, 1.165) is 32.2 Å². The van der Waals surface area contributed by atoms with Gasteiger partial charge in [-0.2, -0.15) is 0 Å². The molecule has 1 aromatic heterocycles. The summed E-state index contributed by atoms with van der Waals surface area (Å²) in [7, 11) is 0. The second-order valence-corrected chi connectivity index (χ2v) is 7.44. The maximum absolute atomic E-state index is 12.5. The molecular weight excluding hydrogens is 314 g/mol. The van der Waals surface area contributed by atoms with Crippen LogP contribution in [0.1, 0.15) is 42.6 Å². The quantitative estimate of drug-likeness (QED) is 0.822. The van der Waals surface area contributed by atoms with Gasteiger partial charge < -0.3 is 14.5 Å². The molecule has 1 spiro atoms. The highest BCUT2D eigenvalue weighted by molar-refractivity contribution is 7.07. The van der Waals surface area contributed by atoms with E-state index in [1.807, 2.05) is 9.80 Å². The van der Waals surface area contributed by atoms with E-state index < -0.39 is 0 Å². The van der Waals surface area contributed by atoms with Crippen LogP contribution in [0.4, 0.5) is 0 Å². The Balaban J connectivity index is 1.44. The van der Waals surface area contributed by atoms with Gasteiger partial charge in [-0.1, -0.05) is 0 Å². The summed E-state index contributed by atoms with van der Waals surface area (Å²) in [4.78, 5) is 32.5. The average molecular weight is 335 g/mol. The Bertz CT molecular complexity index is 606. The number of ether oxygens (including phenoxy) is 1. The number of carbonyl (C=O) groups excluding carboxylic acids is 2. The summed E-state index contributed by atoms with van der Waals surface area (Å²) in [6, 6.07) is 0.271. The van der Waals surface area contributed by atoms with Crippen molar-refractivity contribution in [3.8, 4) is 0 Å². The Kier molecular flexibility index (Phi) is 3.85. The molecule has 3 fully saturated rings. The maximum atomic E-state index is 12.5. The lowest BCUT2D eigenvalue weighted by Crippen LogP contribution is -2.50. The van der Waals surface area contributed by atoms with Crippen LogP contribution in [0.25, 0.3) is 0 Å². The zero-order valence-electron chi connectivity index (χ0n) is 13.1. The third-order valence-electron chi connectivity index (χ3n) is 5.27. The summed E-state index contributed by atoms with van der Waals surface area (Å²) in [5.41, 5.74) is 1.93. The Labute approximate surface area is 139 Å². The van der Waals surface area contributed by atoms with Gasteiger partial charge in [-0.3, -0.25) is 9.59 Å². The molecule has 0 unspecified atom stereocenters. The monoisotopic (exact) mass is 335 g/mol. The van der Waals surface area contributed by atoms with Crippen LogP contribution in [-0.2, 0) is 9.53 Å². The topological polar surface area (TPSA) is 62.7 Å². The SMILES string of the molecule is O=C(c1cscn1)N1CC[C@]2(C[C@@H](N3CCCC3=O)CCO2)C1. The van der Waals surface area contributed by atoms with E-state index >= 15 is 0 Å². The average Bonchev–Trinajstić information content (AvgIpc) is 3.28. The summed E-state index contributed by atoms with van der Waals surface area (Å²) < 4.78 is 6.10. The molecule has 4 rings (SSSR count). The Morgan fingerprint density at radius 3 is 3.09 bits per heavy atom. The van der Waals surface area contributed by atoms with Crippen LogP contribution >= 0.6 is 11.3 Å². The van der Waals surface area contributed by atoms with Crippen LogP contribution in [0, 0.1) is 0 Å². The van der Waals surface area contributed by atoms with Crippen molar-refractivity contribution >= 4 is 23.2 Å². The summed E-state index contributed by atoms with van der Waals surface area (Å²) >= 11 is 1.44. The number of hydrogen-bond donors (Lipinski definition) is 0. The minimum Gasteiger partial charge on any atom is -0.373 e. The summed E-state index contributed by atoms with van der Waals surface area (Å²) in [5.74, 6) is 0.270. The van der Waals surface area contributed by atoms with Crippen molar-refractivity contribution in [3.05, 3.63) is 16.6 Å². The molecule has 1 aromatic rings. The standard InChI is InChI=1S/C16H21N3O3S/c20-14-2-1-5-19(14)12-3-7-22-16(8-12)4-6-18(10-16)15(21)13-9-23-11-17-13/h9,11-12H,1-8,10H2/t12-,16-/m0/s1. The van der Waals surface area contributed by atoms with E-state index in [2.05, 4.69) is 4.98 Å². The Morgan fingerprint density at radius 1 is 1.43 bits per heavy atom. The van der Waals surface area contributed by atoms with Crippen molar-refractivity contribution in [2.24, 2.45) is 0 Å². The van der Waals surface area contributed by atoms with Gasteiger partial charge in [0.25, 0.3) is 5.91 Å². The Hall–Kier alpha value is -1.47. The first-order valence-electron chi connectivity index (χ1n) is 8.28. The lowest BCUT2D eigenvalue weighted by molar-refractivity contribution is -0.137. The van der Waals surface area contributed by atoms with Crippen molar-refractivity contribution in [3.63, 3.8) is 0 Å². The largest absolute Gasteiger partial charge is 0.373 e. The van der Waals surface area contributed by atoms with Crippen LogP contribution in [0.15, 0.2) is 10.9 Å². The predicted octanol–water partition coefficient (Wildman–Crippen LogP) is 1.53. The molecule has 0 aliphatic carbocycles. The molecule has 6 nitrogen and oxygen atoms in total. The molecular formula is C16H21N3O3S. The highest BCUT2D eigenvalue weighted by Crippen LogP contribution is 2.37. The molecule has 3 aliphatic rings. The van der Waals surface area contributed by atoms with Crippen molar-refractivity contribution < 1.29 is 14.3 Å². The molecule has 0 saturated carbocycles. The summed E-state index contributed by atoms with van der Waals surface area (Å²) in [5, 5.41) is 1.79. The smallest absolute Gasteiger partial charge is 0.273 e. The maximum Gasteiger partial charge on any atom is 0.273 e. The lowest BCUT2D eigenvalue weighted by atomic mass is 9.89. The van der Waals surface area contributed by atoms with Gasteiger partial charge in [0.05, 0.1) is 17.7 Å². The fourth-order valence-electron chi connectivity index (χ4n) is 4.11. The zero-order valence-corrected chi connectivity index (χ0v) is 13.9. The molecule has 0 radical (unpaired) electrons. The van der Waals surface area contributed by atoms with Gasteiger partial charge >= 0.3 is 0 Å². The molecule has 23 heavy (non-hydrogen) atoms. The summed E-state index contributed by atoms with van der Waals surface area (Å²) in [6.07, 6.45) is 4.25. The van der Waals surface area contributed by atoms with Crippen molar-refractivity contribution in [2.75, 3.05) is 26.2 Å². The second kappa shape index (κ2) is 5.87. The predicted molar refractivity (Wildman–Crippen MR) is 85.3 cm³/mol. The van der Waals surface area contributed by atoms with Gasteiger partial charge in [0.1, 0.15) is 5.69 Å². The molecule has 2 amide bonds. The van der Waals surface area contributed by atoms with E-state index in [1.165, 1.54) is 11.3 Å².